The molecular formula is C28H29NO6. The third kappa shape index (κ3) is 7.43. The molecule has 0 spiro atoms. The Morgan fingerprint density at radius 1 is 0.829 bits per heavy atom. The number of carbonyl (C=O) groups is 3. The van der Waals surface area contributed by atoms with Gasteiger partial charge in [0, 0.05) is 18.7 Å². The number of hydrogen-bond donors (Lipinski definition) is 0. The number of esters is 1. The highest BCUT2D eigenvalue weighted by Gasteiger charge is 2.25. The van der Waals surface area contributed by atoms with Gasteiger partial charge < -0.3 is 19.1 Å². The van der Waals surface area contributed by atoms with Crippen molar-refractivity contribution in [1.29, 1.82) is 0 Å². The summed E-state index contributed by atoms with van der Waals surface area (Å²) in [5.41, 5.74) is 2.41. The fourth-order valence-electron chi connectivity index (χ4n) is 3.50. The number of carbonyl (C=O) groups excluding carboxylic acids is 3. The van der Waals surface area contributed by atoms with Crippen LogP contribution in [0.4, 0.5) is 0 Å². The molecule has 0 bridgehead atoms. The van der Waals surface area contributed by atoms with E-state index >= 15 is 0 Å². The second kappa shape index (κ2) is 12.4. The smallest absolute Gasteiger partial charge is 0.344 e. The molecule has 35 heavy (non-hydrogen) atoms. The van der Waals surface area contributed by atoms with Gasteiger partial charge in [-0.1, -0.05) is 60.7 Å². The summed E-state index contributed by atoms with van der Waals surface area (Å²) in [6.07, 6.45) is -1.000. The van der Waals surface area contributed by atoms with Gasteiger partial charge >= 0.3 is 5.97 Å². The molecule has 0 aliphatic heterocycles. The van der Waals surface area contributed by atoms with Crippen LogP contribution in [-0.4, -0.2) is 42.4 Å². The Morgan fingerprint density at radius 2 is 1.40 bits per heavy atom. The minimum atomic E-state index is -1.000. The van der Waals surface area contributed by atoms with E-state index in [-0.39, 0.29) is 11.7 Å². The van der Waals surface area contributed by atoms with E-state index in [2.05, 4.69) is 0 Å². The zero-order valence-electron chi connectivity index (χ0n) is 20.1. The lowest BCUT2D eigenvalue weighted by Crippen LogP contribution is -2.39. The number of amides is 1. The van der Waals surface area contributed by atoms with Crippen molar-refractivity contribution in [3.8, 4) is 11.5 Å². The molecule has 0 aliphatic carbocycles. The molecule has 0 fully saturated rings. The first-order valence-electron chi connectivity index (χ1n) is 11.2. The van der Waals surface area contributed by atoms with Gasteiger partial charge in [-0.15, -0.1) is 0 Å². The summed E-state index contributed by atoms with van der Waals surface area (Å²) in [6.45, 7) is 3.35. The van der Waals surface area contributed by atoms with E-state index in [0.717, 1.165) is 11.1 Å². The van der Waals surface area contributed by atoms with Crippen LogP contribution in [0.25, 0.3) is 0 Å². The van der Waals surface area contributed by atoms with Crippen molar-refractivity contribution >= 4 is 17.7 Å². The van der Waals surface area contributed by atoms with Crippen LogP contribution in [0.1, 0.15) is 35.3 Å². The highest BCUT2D eigenvalue weighted by Crippen LogP contribution is 2.28. The van der Waals surface area contributed by atoms with Crippen LogP contribution in [-0.2, 0) is 27.4 Å². The Bertz CT molecular complexity index is 1110. The quantitative estimate of drug-likeness (QED) is 0.301. The summed E-state index contributed by atoms with van der Waals surface area (Å²) in [6, 6.07) is 24.0. The molecule has 0 heterocycles. The lowest BCUT2D eigenvalue weighted by molar-refractivity contribution is -0.161. The number of ether oxygens (including phenoxy) is 3. The molecule has 3 aromatic rings. The first-order valence-corrected chi connectivity index (χ1v) is 11.2. The zero-order valence-corrected chi connectivity index (χ0v) is 20.1. The van der Waals surface area contributed by atoms with Gasteiger partial charge in [0.1, 0.15) is 0 Å². The van der Waals surface area contributed by atoms with Crippen molar-refractivity contribution < 1.29 is 28.6 Å². The van der Waals surface area contributed by atoms with Gasteiger partial charge in [-0.2, -0.15) is 0 Å². The molecule has 0 aliphatic rings. The van der Waals surface area contributed by atoms with E-state index in [1.54, 1.807) is 30.0 Å². The van der Waals surface area contributed by atoms with Crippen molar-refractivity contribution in [3.63, 3.8) is 0 Å². The SMILES string of the molecule is COc1cc(C(C)=O)ccc1OCC(=O)OC(C)C(=O)N(Cc1ccccc1)Cc1ccccc1. The van der Waals surface area contributed by atoms with E-state index < -0.39 is 18.7 Å². The Labute approximate surface area is 205 Å². The molecule has 182 valence electrons. The van der Waals surface area contributed by atoms with Crippen molar-refractivity contribution in [2.24, 2.45) is 0 Å². The maximum Gasteiger partial charge on any atom is 0.344 e. The third-order valence-corrected chi connectivity index (χ3v) is 5.32. The minimum absolute atomic E-state index is 0.114. The largest absolute Gasteiger partial charge is 0.493 e. The van der Waals surface area contributed by atoms with Gasteiger partial charge in [-0.25, -0.2) is 4.79 Å². The van der Waals surface area contributed by atoms with Crippen LogP contribution in [0.15, 0.2) is 78.9 Å². The Morgan fingerprint density at radius 3 is 1.91 bits per heavy atom. The lowest BCUT2D eigenvalue weighted by Gasteiger charge is -2.26. The third-order valence-electron chi connectivity index (χ3n) is 5.32. The first kappa shape index (κ1) is 25.5. The number of rotatable bonds is 11. The van der Waals surface area contributed by atoms with Gasteiger partial charge in [-0.05, 0) is 43.2 Å². The first-order chi connectivity index (χ1) is 16.9. The second-order valence-corrected chi connectivity index (χ2v) is 8.01. The maximum atomic E-state index is 13.2. The molecule has 0 aromatic heterocycles. The fraction of sp³-hybridized carbons (Fsp3) is 0.250. The number of nitrogens with zero attached hydrogens (tertiary/aromatic N) is 1. The number of ketones is 1. The zero-order chi connectivity index (χ0) is 25.2. The van der Waals surface area contributed by atoms with E-state index in [9.17, 15) is 14.4 Å². The topological polar surface area (TPSA) is 82.1 Å². The van der Waals surface area contributed by atoms with Crippen LogP contribution in [0, 0.1) is 0 Å². The standard InChI is InChI=1S/C28H29NO6/c1-20(30)24-14-15-25(26(16-24)33-3)34-19-27(31)35-21(2)28(32)29(17-22-10-6-4-7-11-22)18-23-12-8-5-9-13-23/h4-16,21H,17-19H2,1-3H3. The number of hydrogen-bond acceptors (Lipinski definition) is 6. The van der Waals surface area contributed by atoms with E-state index in [4.69, 9.17) is 14.2 Å². The summed E-state index contributed by atoms with van der Waals surface area (Å²) in [5, 5.41) is 0. The van der Waals surface area contributed by atoms with Crippen molar-refractivity contribution in [2.45, 2.75) is 33.0 Å². The van der Waals surface area contributed by atoms with Crippen molar-refractivity contribution in [2.75, 3.05) is 13.7 Å². The second-order valence-electron chi connectivity index (χ2n) is 8.01. The maximum absolute atomic E-state index is 13.2. The molecule has 3 aromatic carbocycles. The summed E-state index contributed by atoms with van der Waals surface area (Å²) < 4.78 is 16.1. The van der Waals surface area contributed by atoms with Crippen LogP contribution in [0.2, 0.25) is 0 Å². The normalized spacial score (nSPS) is 11.3. The minimum Gasteiger partial charge on any atom is -0.493 e. The molecule has 0 radical (unpaired) electrons. The van der Waals surface area contributed by atoms with Gasteiger partial charge in [0.05, 0.1) is 7.11 Å². The molecule has 7 heteroatoms. The average Bonchev–Trinajstić information content (AvgIpc) is 2.87. The van der Waals surface area contributed by atoms with Crippen molar-refractivity contribution in [1.82, 2.24) is 4.90 Å². The molecule has 1 unspecified atom stereocenters. The van der Waals surface area contributed by atoms with Gasteiger partial charge in [0.2, 0.25) is 0 Å². The van der Waals surface area contributed by atoms with E-state index in [1.807, 2.05) is 60.7 Å². The molecular weight excluding hydrogens is 446 g/mol. The predicted octanol–water partition coefficient (Wildman–Crippen LogP) is 4.44. The van der Waals surface area contributed by atoms with Crippen molar-refractivity contribution in [3.05, 3.63) is 95.6 Å². The highest BCUT2D eigenvalue weighted by atomic mass is 16.6. The lowest BCUT2D eigenvalue weighted by atomic mass is 10.1. The number of benzene rings is 3. The molecule has 1 atom stereocenters. The number of Topliss-reactive ketones (excluding diaryl/α,β-unsaturated/α-hetero) is 1. The Balaban J connectivity index is 1.63. The van der Waals surface area contributed by atoms with Gasteiger partial charge in [0.25, 0.3) is 5.91 Å². The number of methoxy groups -OCH3 is 1. The summed E-state index contributed by atoms with van der Waals surface area (Å²) >= 11 is 0. The Kier molecular flexibility index (Phi) is 9.01. The summed E-state index contributed by atoms with van der Waals surface area (Å²) in [4.78, 5) is 38.9. The predicted molar refractivity (Wildman–Crippen MR) is 131 cm³/mol. The van der Waals surface area contributed by atoms with Crippen LogP contribution >= 0.6 is 0 Å². The highest BCUT2D eigenvalue weighted by molar-refractivity contribution is 5.94. The summed E-state index contributed by atoms with van der Waals surface area (Å²) in [7, 11) is 1.44. The molecule has 0 saturated carbocycles. The molecule has 3 rings (SSSR count). The van der Waals surface area contributed by atoms with E-state index in [1.165, 1.54) is 14.0 Å². The molecule has 7 nitrogen and oxygen atoms in total. The van der Waals surface area contributed by atoms with Gasteiger partial charge in [0.15, 0.2) is 30.0 Å². The molecule has 0 saturated heterocycles. The van der Waals surface area contributed by atoms with Crippen LogP contribution in [0.5, 0.6) is 11.5 Å². The van der Waals surface area contributed by atoms with Gasteiger partial charge in [-0.3, -0.25) is 9.59 Å². The molecule has 1 amide bonds. The summed E-state index contributed by atoms with van der Waals surface area (Å²) in [5.74, 6) is -0.496. The van der Waals surface area contributed by atoms with Crippen LogP contribution < -0.4 is 9.47 Å². The Hall–Kier alpha value is -4.13. The van der Waals surface area contributed by atoms with E-state index in [0.29, 0.717) is 30.2 Å². The monoisotopic (exact) mass is 475 g/mol. The fourth-order valence-corrected chi connectivity index (χ4v) is 3.50. The van der Waals surface area contributed by atoms with Crippen LogP contribution in [0.3, 0.4) is 0 Å². The molecule has 0 N–H and O–H groups in total. The average molecular weight is 476 g/mol.